The maximum atomic E-state index is 13.1. The number of anilines is 1. The van der Waals surface area contributed by atoms with Crippen molar-refractivity contribution < 1.29 is 4.79 Å². The number of aromatic nitrogens is 4. The Bertz CT molecular complexity index is 1560. The summed E-state index contributed by atoms with van der Waals surface area (Å²) in [5, 5.41) is 10.2. The number of para-hydroxylation sites is 1. The lowest BCUT2D eigenvalue weighted by atomic mass is 10.1. The van der Waals surface area contributed by atoms with Crippen molar-refractivity contribution in [3.8, 4) is 11.4 Å². The number of benzene rings is 3. The van der Waals surface area contributed by atoms with E-state index >= 15 is 0 Å². The molecule has 1 atom stereocenters. The molecule has 1 aliphatic heterocycles. The zero-order valence-corrected chi connectivity index (χ0v) is 20.5. The highest BCUT2D eigenvalue weighted by Gasteiger charge is 2.30. The van der Waals surface area contributed by atoms with E-state index in [4.69, 9.17) is 4.98 Å². The van der Waals surface area contributed by atoms with Crippen LogP contribution < -0.4 is 4.90 Å². The van der Waals surface area contributed by atoms with Crippen LogP contribution in [0.1, 0.15) is 18.1 Å². The van der Waals surface area contributed by atoms with Crippen molar-refractivity contribution >= 4 is 28.4 Å². The molecule has 5 aromatic rings. The monoisotopic (exact) mass is 476 g/mol. The zero-order chi connectivity index (χ0) is 24.6. The number of amides is 1. The van der Waals surface area contributed by atoms with Crippen LogP contribution in [0, 0.1) is 6.92 Å². The van der Waals surface area contributed by atoms with Gasteiger partial charge in [0.05, 0.1) is 11.9 Å². The summed E-state index contributed by atoms with van der Waals surface area (Å²) in [6, 6.07) is 26.4. The molecule has 1 unspecified atom stereocenters. The number of aryl methyl sites for hydroxylation is 1. The van der Waals surface area contributed by atoms with Crippen molar-refractivity contribution in [2.24, 2.45) is 0 Å². The van der Waals surface area contributed by atoms with Gasteiger partial charge in [0.15, 0.2) is 11.5 Å². The first-order chi connectivity index (χ1) is 17.6. The molecular weight excluding hydrogens is 448 g/mol. The van der Waals surface area contributed by atoms with E-state index in [0.717, 1.165) is 39.4 Å². The summed E-state index contributed by atoms with van der Waals surface area (Å²) < 4.78 is 2.07. The molecular formula is C29H28N6O. The molecule has 6 rings (SSSR count). The van der Waals surface area contributed by atoms with Crippen LogP contribution in [0.2, 0.25) is 0 Å². The van der Waals surface area contributed by atoms with Crippen molar-refractivity contribution in [3.63, 3.8) is 0 Å². The van der Waals surface area contributed by atoms with E-state index < -0.39 is 0 Å². The van der Waals surface area contributed by atoms with Gasteiger partial charge in [-0.05, 0) is 37.6 Å². The van der Waals surface area contributed by atoms with Crippen LogP contribution in [0.4, 0.5) is 5.95 Å². The molecule has 0 aliphatic carbocycles. The van der Waals surface area contributed by atoms with Gasteiger partial charge in [-0.25, -0.2) is 9.38 Å². The first-order valence-corrected chi connectivity index (χ1v) is 12.4. The molecule has 1 amide bonds. The van der Waals surface area contributed by atoms with Crippen LogP contribution in [0.25, 0.3) is 27.9 Å². The van der Waals surface area contributed by atoms with E-state index in [9.17, 15) is 4.79 Å². The molecule has 7 heteroatoms. The summed E-state index contributed by atoms with van der Waals surface area (Å²) >= 11 is 0. The molecule has 36 heavy (non-hydrogen) atoms. The molecule has 3 heterocycles. The normalized spacial score (nSPS) is 16.1. The second-order valence-corrected chi connectivity index (χ2v) is 9.53. The molecule has 0 N–H and O–H groups in total. The summed E-state index contributed by atoms with van der Waals surface area (Å²) in [5.74, 6) is 1.75. The Labute approximate surface area is 210 Å². The van der Waals surface area contributed by atoms with Crippen LogP contribution in [0.15, 0.2) is 78.9 Å². The average Bonchev–Trinajstić information content (AvgIpc) is 3.34. The van der Waals surface area contributed by atoms with Crippen LogP contribution in [-0.2, 0) is 11.2 Å². The fourth-order valence-electron chi connectivity index (χ4n) is 5.13. The lowest BCUT2D eigenvalue weighted by molar-refractivity contribution is -0.132. The Kier molecular flexibility index (Phi) is 5.60. The minimum Gasteiger partial charge on any atom is -0.338 e. The summed E-state index contributed by atoms with van der Waals surface area (Å²) in [6.07, 6.45) is 0.423. The maximum Gasteiger partial charge on any atom is 0.227 e. The molecule has 180 valence electrons. The third-order valence-corrected chi connectivity index (χ3v) is 6.93. The van der Waals surface area contributed by atoms with Crippen molar-refractivity contribution in [2.75, 3.05) is 24.5 Å². The third kappa shape index (κ3) is 3.96. The standard InChI is InChI=1S/C29H28N6O/c1-20-9-8-12-23(17-20)27-31-32-28-24-13-6-7-14-25(24)30-29(35(27)28)33-15-16-34(21(2)19-33)26(36)18-22-10-4-3-5-11-22/h3-14,17,21H,15-16,18-19H2,1-2H3. The van der Waals surface area contributed by atoms with Gasteiger partial charge in [0.25, 0.3) is 0 Å². The van der Waals surface area contributed by atoms with Crippen LogP contribution in [-0.4, -0.2) is 56.1 Å². The summed E-state index contributed by atoms with van der Waals surface area (Å²) in [6.45, 7) is 6.21. The minimum atomic E-state index is 0.0529. The second-order valence-electron chi connectivity index (χ2n) is 9.53. The largest absolute Gasteiger partial charge is 0.338 e. The van der Waals surface area contributed by atoms with Gasteiger partial charge in [-0.3, -0.25) is 4.79 Å². The SMILES string of the molecule is Cc1cccc(-c2nnc3c4ccccc4nc(N4CCN(C(=O)Cc5ccccc5)C(C)C4)n23)c1. The van der Waals surface area contributed by atoms with Gasteiger partial charge >= 0.3 is 0 Å². The van der Waals surface area contributed by atoms with E-state index in [0.29, 0.717) is 26.1 Å². The van der Waals surface area contributed by atoms with Crippen molar-refractivity contribution in [2.45, 2.75) is 26.3 Å². The number of carbonyl (C=O) groups is 1. The number of piperazine rings is 1. The lowest BCUT2D eigenvalue weighted by Gasteiger charge is -2.40. The Morgan fingerprint density at radius 2 is 1.75 bits per heavy atom. The predicted octanol–water partition coefficient (Wildman–Crippen LogP) is 4.53. The molecule has 3 aromatic carbocycles. The Morgan fingerprint density at radius 3 is 2.56 bits per heavy atom. The highest BCUT2D eigenvalue weighted by molar-refractivity contribution is 5.93. The van der Waals surface area contributed by atoms with Crippen LogP contribution in [0.5, 0.6) is 0 Å². The fourth-order valence-corrected chi connectivity index (χ4v) is 5.13. The molecule has 1 saturated heterocycles. The van der Waals surface area contributed by atoms with Gasteiger partial charge < -0.3 is 9.80 Å². The molecule has 0 bridgehead atoms. The Morgan fingerprint density at radius 1 is 0.944 bits per heavy atom. The van der Waals surface area contributed by atoms with Crippen LogP contribution >= 0.6 is 0 Å². The average molecular weight is 477 g/mol. The summed E-state index contributed by atoms with van der Waals surface area (Å²) in [7, 11) is 0. The molecule has 0 radical (unpaired) electrons. The highest BCUT2D eigenvalue weighted by Crippen LogP contribution is 2.30. The first kappa shape index (κ1) is 22.2. The van der Waals surface area contributed by atoms with Gasteiger partial charge in [0.2, 0.25) is 11.9 Å². The number of fused-ring (bicyclic) bond motifs is 3. The van der Waals surface area contributed by atoms with E-state index in [1.54, 1.807) is 0 Å². The third-order valence-electron chi connectivity index (χ3n) is 6.93. The first-order valence-electron chi connectivity index (χ1n) is 12.4. The van der Waals surface area contributed by atoms with Gasteiger partial charge in [-0.2, -0.15) is 0 Å². The minimum absolute atomic E-state index is 0.0529. The van der Waals surface area contributed by atoms with E-state index in [-0.39, 0.29) is 11.9 Å². The molecule has 0 saturated carbocycles. The van der Waals surface area contributed by atoms with Crippen molar-refractivity contribution in [1.82, 2.24) is 24.5 Å². The van der Waals surface area contributed by atoms with Gasteiger partial charge in [0.1, 0.15) is 0 Å². The second kappa shape index (κ2) is 9.07. The number of hydrogen-bond donors (Lipinski definition) is 0. The van der Waals surface area contributed by atoms with Gasteiger partial charge in [-0.1, -0.05) is 66.2 Å². The zero-order valence-electron chi connectivity index (χ0n) is 20.5. The molecule has 2 aromatic heterocycles. The van der Waals surface area contributed by atoms with Crippen LogP contribution in [0.3, 0.4) is 0 Å². The Balaban J connectivity index is 1.37. The van der Waals surface area contributed by atoms with Gasteiger partial charge in [-0.15, -0.1) is 10.2 Å². The maximum absolute atomic E-state index is 13.1. The smallest absolute Gasteiger partial charge is 0.227 e. The van der Waals surface area contributed by atoms with Crippen molar-refractivity contribution in [3.05, 3.63) is 90.0 Å². The Hall–Kier alpha value is -4.26. The van der Waals surface area contributed by atoms with E-state index in [1.807, 2.05) is 65.6 Å². The predicted molar refractivity (Wildman–Crippen MR) is 142 cm³/mol. The van der Waals surface area contributed by atoms with E-state index in [1.165, 1.54) is 5.56 Å². The fraction of sp³-hybridized carbons (Fsp3) is 0.241. The topological polar surface area (TPSA) is 66.6 Å². The molecule has 7 nitrogen and oxygen atoms in total. The number of rotatable bonds is 4. The summed E-state index contributed by atoms with van der Waals surface area (Å²) in [4.78, 5) is 22.4. The van der Waals surface area contributed by atoms with Gasteiger partial charge in [0, 0.05) is 36.6 Å². The number of nitrogens with zero attached hydrogens (tertiary/aromatic N) is 6. The quantitative estimate of drug-likeness (QED) is 0.381. The summed E-state index contributed by atoms with van der Waals surface area (Å²) in [5.41, 5.74) is 4.90. The molecule has 0 spiro atoms. The van der Waals surface area contributed by atoms with Crippen molar-refractivity contribution in [1.29, 1.82) is 0 Å². The number of carbonyl (C=O) groups excluding carboxylic acids is 1. The number of hydrogen-bond acceptors (Lipinski definition) is 5. The van der Waals surface area contributed by atoms with E-state index in [2.05, 4.69) is 51.5 Å². The highest BCUT2D eigenvalue weighted by atomic mass is 16.2. The molecule has 1 aliphatic rings. The molecule has 1 fully saturated rings. The lowest BCUT2D eigenvalue weighted by Crippen LogP contribution is -2.55.